The van der Waals surface area contributed by atoms with Gasteiger partial charge in [0.1, 0.15) is 0 Å². The van der Waals surface area contributed by atoms with Crippen molar-refractivity contribution in [2.75, 3.05) is 26.2 Å². The van der Waals surface area contributed by atoms with Crippen LogP contribution in [0.2, 0.25) is 0 Å². The van der Waals surface area contributed by atoms with Crippen LogP contribution >= 0.6 is 0 Å². The molecule has 0 aliphatic heterocycles. The molecule has 0 unspecified atom stereocenters. The second-order valence-corrected chi connectivity index (χ2v) is 4.75. The van der Waals surface area contributed by atoms with Gasteiger partial charge in [-0.2, -0.15) is 0 Å². The summed E-state index contributed by atoms with van der Waals surface area (Å²) in [4.78, 5) is 6.82. The highest BCUT2D eigenvalue weighted by Gasteiger charge is 2.04. The molecular weight excluding hydrogens is 234 g/mol. The molecule has 3 heteroatoms. The third-order valence-electron chi connectivity index (χ3n) is 3.38. The number of benzene rings is 1. The summed E-state index contributed by atoms with van der Waals surface area (Å²) in [7, 11) is 0. The van der Waals surface area contributed by atoms with Gasteiger partial charge < -0.3 is 5.32 Å². The Labute approximate surface area is 115 Å². The Morgan fingerprint density at radius 2 is 2.11 bits per heavy atom. The molecule has 0 atom stereocenters. The summed E-state index contributed by atoms with van der Waals surface area (Å²) in [5.74, 6) is 0. The van der Waals surface area contributed by atoms with Crippen LogP contribution in [0.15, 0.2) is 36.5 Å². The Morgan fingerprint density at radius 1 is 1.21 bits per heavy atom. The first-order valence-electron chi connectivity index (χ1n) is 7.10. The summed E-state index contributed by atoms with van der Waals surface area (Å²) in [5.41, 5.74) is 2.43. The Balaban J connectivity index is 2.02. The zero-order valence-electron chi connectivity index (χ0n) is 11.9. The Kier molecular flexibility index (Phi) is 5.31. The van der Waals surface area contributed by atoms with Crippen molar-refractivity contribution in [1.29, 1.82) is 0 Å². The van der Waals surface area contributed by atoms with Crippen LogP contribution in [0, 0.1) is 0 Å². The number of likely N-dealkylation sites (N-methyl/N-ethyl adjacent to an activating group) is 2. The number of nitrogens with zero attached hydrogens (tertiary/aromatic N) is 2. The van der Waals surface area contributed by atoms with Crippen LogP contribution < -0.4 is 5.32 Å². The molecule has 0 fully saturated rings. The summed E-state index contributed by atoms with van der Waals surface area (Å²) < 4.78 is 0. The average molecular weight is 257 g/mol. The Morgan fingerprint density at radius 3 is 2.89 bits per heavy atom. The van der Waals surface area contributed by atoms with Crippen molar-refractivity contribution >= 4 is 10.9 Å². The largest absolute Gasteiger partial charge is 0.316 e. The summed E-state index contributed by atoms with van der Waals surface area (Å²) in [6, 6.07) is 10.7. The van der Waals surface area contributed by atoms with Crippen LogP contribution in [0.5, 0.6) is 0 Å². The van der Waals surface area contributed by atoms with Crippen LogP contribution in [-0.2, 0) is 6.54 Å². The number of nitrogens with one attached hydrogen (secondary N) is 1. The second kappa shape index (κ2) is 7.22. The van der Waals surface area contributed by atoms with Crippen molar-refractivity contribution in [3.8, 4) is 0 Å². The maximum absolute atomic E-state index is 4.36. The quantitative estimate of drug-likeness (QED) is 0.773. The summed E-state index contributed by atoms with van der Waals surface area (Å²) in [5, 5.41) is 4.60. The summed E-state index contributed by atoms with van der Waals surface area (Å²) >= 11 is 0. The molecule has 0 aliphatic carbocycles. The molecule has 1 heterocycles. The third kappa shape index (κ3) is 4.01. The van der Waals surface area contributed by atoms with E-state index in [0.717, 1.165) is 38.2 Å². The minimum atomic E-state index is 1.01. The van der Waals surface area contributed by atoms with Gasteiger partial charge in [0, 0.05) is 31.2 Å². The predicted octanol–water partition coefficient (Wildman–Crippen LogP) is 2.67. The number of pyridine rings is 1. The van der Waals surface area contributed by atoms with E-state index >= 15 is 0 Å². The minimum absolute atomic E-state index is 1.01. The van der Waals surface area contributed by atoms with Crippen molar-refractivity contribution in [3.05, 3.63) is 42.1 Å². The van der Waals surface area contributed by atoms with Crippen molar-refractivity contribution in [2.24, 2.45) is 0 Å². The highest BCUT2D eigenvalue weighted by Crippen LogP contribution is 2.14. The fourth-order valence-electron chi connectivity index (χ4n) is 2.24. The van der Waals surface area contributed by atoms with Crippen molar-refractivity contribution in [1.82, 2.24) is 15.2 Å². The highest BCUT2D eigenvalue weighted by molar-refractivity contribution is 5.78. The lowest BCUT2D eigenvalue weighted by Crippen LogP contribution is -2.31. The topological polar surface area (TPSA) is 28.2 Å². The molecule has 1 aromatic heterocycles. The lowest BCUT2D eigenvalue weighted by molar-refractivity contribution is 0.280. The molecule has 0 spiro atoms. The number of hydrogen-bond donors (Lipinski definition) is 1. The predicted molar refractivity (Wildman–Crippen MR) is 81.2 cm³/mol. The molecule has 1 aromatic carbocycles. The van der Waals surface area contributed by atoms with E-state index in [0.29, 0.717) is 0 Å². The lowest BCUT2D eigenvalue weighted by atomic mass is 10.1. The zero-order valence-corrected chi connectivity index (χ0v) is 11.9. The van der Waals surface area contributed by atoms with Crippen molar-refractivity contribution in [3.63, 3.8) is 0 Å². The number of fused-ring (bicyclic) bond motifs is 1. The molecule has 2 aromatic rings. The van der Waals surface area contributed by atoms with E-state index in [1.165, 1.54) is 10.9 Å². The first-order valence-corrected chi connectivity index (χ1v) is 7.10. The summed E-state index contributed by atoms with van der Waals surface area (Å²) in [6.45, 7) is 9.64. The van der Waals surface area contributed by atoms with Gasteiger partial charge in [0.2, 0.25) is 0 Å². The molecule has 0 bridgehead atoms. The van der Waals surface area contributed by atoms with E-state index in [2.05, 4.69) is 53.3 Å². The highest BCUT2D eigenvalue weighted by atomic mass is 15.1. The summed E-state index contributed by atoms with van der Waals surface area (Å²) in [6.07, 6.45) is 1.84. The van der Waals surface area contributed by atoms with Crippen LogP contribution in [0.3, 0.4) is 0 Å². The maximum Gasteiger partial charge on any atom is 0.0702 e. The number of rotatable bonds is 7. The minimum Gasteiger partial charge on any atom is -0.316 e. The van der Waals surface area contributed by atoms with Crippen molar-refractivity contribution < 1.29 is 0 Å². The Bertz CT molecular complexity index is 510. The van der Waals surface area contributed by atoms with E-state index in [4.69, 9.17) is 0 Å². The average Bonchev–Trinajstić information content (AvgIpc) is 2.46. The molecule has 19 heavy (non-hydrogen) atoms. The molecule has 0 aliphatic rings. The van der Waals surface area contributed by atoms with Crippen LogP contribution in [0.1, 0.15) is 19.4 Å². The Hall–Kier alpha value is -1.45. The molecule has 102 valence electrons. The SMILES string of the molecule is CCNCCN(CC)Cc1ccc2ncccc2c1. The van der Waals surface area contributed by atoms with E-state index in [-0.39, 0.29) is 0 Å². The van der Waals surface area contributed by atoms with Gasteiger partial charge >= 0.3 is 0 Å². The third-order valence-corrected chi connectivity index (χ3v) is 3.38. The zero-order chi connectivity index (χ0) is 13.5. The van der Waals surface area contributed by atoms with Gasteiger partial charge in [0.25, 0.3) is 0 Å². The van der Waals surface area contributed by atoms with Crippen LogP contribution in [0.25, 0.3) is 10.9 Å². The lowest BCUT2D eigenvalue weighted by Gasteiger charge is -2.20. The van der Waals surface area contributed by atoms with Crippen LogP contribution in [-0.4, -0.2) is 36.1 Å². The van der Waals surface area contributed by atoms with E-state index in [1.807, 2.05) is 12.3 Å². The standard InChI is InChI=1S/C16H23N3/c1-3-17-10-11-19(4-2)13-14-7-8-16-15(12-14)6-5-9-18-16/h5-9,12,17H,3-4,10-11,13H2,1-2H3. The number of aromatic nitrogens is 1. The molecule has 0 amide bonds. The maximum atomic E-state index is 4.36. The molecule has 0 saturated heterocycles. The van der Waals surface area contributed by atoms with Gasteiger partial charge in [-0.05, 0) is 36.9 Å². The molecule has 0 saturated carbocycles. The van der Waals surface area contributed by atoms with Gasteiger partial charge in [0.15, 0.2) is 0 Å². The molecular formula is C16H23N3. The first-order chi connectivity index (χ1) is 9.33. The van der Waals surface area contributed by atoms with Crippen molar-refractivity contribution in [2.45, 2.75) is 20.4 Å². The molecule has 1 N–H and O–H groups in total. The van der Waals surface area contributed by atoms with Gasteiger partial charge in [-0.25, -0.2) is 0 Å². The van der Waals surface area contributed by atoms with E-state index in [9.17, 15) is 0 Å². The number of hydrogen-bond acceptors (Lipinski definition) is 3. The fraction of sp³-hybridized carbons (Fsp3) is 0.438. The fourth-order valence-corrected chi connectivity index (χ4v) is 2.24. The normalized spacial score (nSPS) is 11.3. The van der Waals surface area contributed by atoms with E-state index < -0.39 is 0 Å². The van der Waals surface area contributed by atoms with Gasteiger partial charge in [-0.15, -0.1) is 0 Å². The van der Waals surface area contributed by atoms with Crippen LogP contribution in [0.4, 0.5) is 0 Å². The van der Waals surface area contributed by atoms with E-state index in [1.54, 1.807) is 0 Å². The monoisotopic (exact) mass is 257 g/mol. The van der Waals surface area contributed by atoms with Gasteiger partial charge in [-0.1, -0.05) is 26.0 Å². The second-order valence-electron chi connectivity index (χ2n) is 4.75. The van der Waals surface area contributed by atoms with Gasteiger partial charge in [-0.3, -0.25) is 9.88 Å². The van der Waals surface area contributed by atoms with Gasteiger partial charge in [0.05, 0.1) is 5.52 Å². The molecule has 0 radical (unpaired) electrons. The smallest absolute Gasteiger partial charge is 0.0702 e. The first kappa shape index (κ1) is 14.0. The molecule has 3 nitrogen and oxygen atoms in total. The molecule has 2 rings (SSSR count).